The van der Waals surface area contributed by atoms with E-state index in [9.17, 15) is 31.5 Å². The molecule has 2 aliphatic rings. The molecule has 40 heavy (non-hydrogen) atoms. The number of likely N-dealkylation sites (tertiary alicyclic amines) is 1. The topological polar surface area (TPSA) is 108 Å². The third kappa shape index (κ3) is 5.97. The van der Waals surface area contributed by atoms with E-state index in [4.69, 9.17) is 0 Å². The van der Waals surface area contributed by atoms with Crippen LogP contribution >= 0.6 is 0 Å². The lowest BCUT2D eigenvalue weighted by atomic mass is 9.84. The number of para-hydroxylation sites is 1. The Bertz CT molecular complexity index is 1550. The van der Waals surface area contributed by atoms with Crippen molar-refractivity contribution < 1.29 is 36.2 Å². The largest absolute Gasteiger partial charge is 0.573 e. The molecule has 0 spiro atoms. The maximum Gasteiger partial charge on any atom is 0.573 e. The quantitative estimate of drug-likeness (QED) is 0.424. The fourth-order valence-corrected chi connectivity index (χ4v) is 6.19. The van der Waals surface area contributed by atoms with Gasteiger partial charge < -0.3 is 14.7 Å². The van der Waals surface area contributed by atoms with E-state index in [2.05, 4.69) is 14.5 Å². The van der Waals surface area contributed by atoms with Gasteiger partial charge in [-0.05, 0) is 79.3 Å². The number of fused-ring (bicyclic) bond motifs is 1. The first kappa shape index (κ1) is 27.7. The number of aliphatic hydroxyl groups is 1. The Morgan fingerprint density at radius 2 is 1.73 bits per heavy atom. The van der Waals surface area contributed by atoms with E-state index >= 15 is 0 Å². The highest BCUT2D eigenvalue weighted by atomic mass is 32.2. The van der Waals surface area contributed by atoms with Crippen molar-refractivity contribution in [1.29, 1.82) is 0 Å². The van der Waals surface area contributed by atoms with E-state index in [0.29, 0.717) is 17.7 Å². The van der Waals surface area contributed by atoms with Crippen LogP contribution in [0.25, 0.3) is 0 Å². The number of halogens is 3. The van der Waals surface area contributed by atoms with Gasteiger partial charge >= 0.3 is 6.36 Å². The number of alkyl halides is 3. The number of ether oxygens (including phenoxy) is 1. The van der Waals surface area contributed by atoms with Crippen LogP contribution in [0.15, 0.2) is 76.6 Å². The van der Waals surface area contributed by atoms with E-state index < -0.39 is 27.7 Å². The van der Waals surface area contributed by atoms with E-state index in [1.165, 1.54) is 47.4 Å². The average Bonchev–Trinajstić information content (AvgIpc) is 2.92. The van der Waals surface area contributed by atoms with Crippen molar-refractivity contribution in [2.45, 2.75) is 42.5 Å². The van der Waals surface area contributed by atoms with Crippen LogP contribution in [0.1, 0.15) is 40.7 Å². The molecule has 2 heterocycles. The zero-order valence-electron chi connectivity index (χ0n) is 21.2. The highest BCUT2D eigenvalue weighted by Gasteiger charge is 2.37. The first-order valence-corrected chi connectivity index (χ1v) is 14.1. The highest BCUT2D eigenvalue weighted by molar-refractivity contribution is 7.92. The number of aryl methyl sites for hydroxylation is 1. The van der Waals surface area contributed by atoms with Gasteiger partial charge in [-0.15, -0.1) is 13.2 Å². The molecule has 8 nitrogen and oxygen atoms in total. The summed E-state index contributed by atoms with van der Waals surface area (Å²) < 4.78 is 70.4. The van der Waals surface area contributed by atoms with E-state index in [0.717, 1.165) is 24.1 Å². The summed E-state index contributed by atoms with van der Waals surface area (Å²) in [4.78, 5) is 19.0. The maximum atomic E-state index is 13.1. The number of nitrogens with one attached hydrogen (secondary N) is 1. The average molecular weight is 574 g/mol. The number of hydrogen-bond acceptors (Lipinski definition) is 6. The molecule has 0 radical (unpaired) electrons. The summed E-state index contributed by atoms with van der Waals surface area (Å²) in [7, 11) is -3.92. The molecule has 0 saturated carbocycles. The number of carbonyl (C=O) groups is 1. The van der Waals surface area contributed by atoms with Gasteiger partial charge in [-0.25, -0.2) is 8.42 Å². The molecule has 1 saturated heterocycles. The van der Waals surface area contributed by atoms with Gasteiger partial charge in [0.05, 0.1) is 11.3 Å². The lowest BCUT2D eigenvalue weighted by Crippen LogP contribution is -2.45. The van der Waals surface area contributed by atoms with Crippen molar-refractivity contribution in [3.63, 3.8) is 0 Å². The minimum Gasteiger partial charge on any atom is -0.406 e. The number of benzene rings is 3. The predicted molar refractivity (Wildman–Crippen MR) is 142 cm³/mol. The molecule has 0 aliphatic carbocycles. The second-order valence-electron chi connectivity index (χ2n) is 9.70. The van der Waals surface area contributed by atoms with E-state index in [1.54, 1.807) is 12.3 Å². The van der Waals surface area contributed by atoms with Gasteiger partial charge in [-0.2, -0.15) is 0 Å². The van der Waals surface area contributed by atoms with Crippen LogP contribution in [0.3, 0.4) is 0 Å². The van der Waals surface area contributed by atoms with Gasteiger partial charge in [0.1, 0.15) is 10.6 Å². The molecule has 0 aromatic heterocycles. The van der Waals surface area contributed by atoms with Crippen molar-refractivity contribution in [3.05, 3.63) is 83.4 Å². The summed E-state index contributed by atoms with van der Waals surface area (Å²) >= 11 is 0. The number of amides is 1. The van der Waals surface area contributed by atoms with Crippen molar-refractivity contribution in [2.24, 2.45) is 4.99 Å². The number of piperidine rings is 1. The molecule has 0 bridgehead atoms. The summed E-state index contributed by atoms with van der Waals surface area (Å²) in [6.45, 7) is 0.349. The summed E-state index contributed by atoms with van der Waals surface area (Å²) in [6.07, 6.45) is -1.44. The summed E-state index contributed by atoms with van der Waals surface area (Å²) in [6, 6.07) is 16.3. The number of nitrogens with zero attached hydrogens (tertiary/aromatic N) is 2. The Morgan fingerprint density at radius 1 is 1.02 bits per heavy atom. The first-order chi connectivity index (χ1) is 18.9. The Labute approximate surface area is 229 Å². The predicted octanol–water partition coefficient (Wildman–Crippen LogP) is 5.16. The zero-order valence-corrected chi connectivity index (χ0v) is 22.0. The van der Waals surface area contributed by atoms with Gasteiger partial charge in [0.25, 0.3) is 15.9 Å². The van der Waals surface area contributed by atoms with Crippen molar-refractivity contribution in [2.75, 3.05) is 17.8 Å². The summed E-state index contributed by atoms with van der Waals surface area (Å²) in [5, 5.41) is 11.1. The Hall–Kier alpha value is -3.90. The van der Waals surface area contributed by atoms with Gasteiger partial charge in [0, 0.05) is 30.6 Å². The smallest absolute Gasteiger partial charge is 0.406 e. The van der Waals surface area contributed by atoms with Crippen molar-refractivity contribution >= 4 is 33.5 Å². The molecule has 5 rings (SSSR count). The van der Waals surface area contributed by atoms with Crippen LogP contribution in [0.5, 0.6) is 5.75 Å². The summed E-state index contributed by atoms with van der Waals surface area (Å²) in [5.41, 5.74) is 0.770. The van der Waals surface area contributed by atoms with Crippen molar-refractivity contribution in [1.82, 2.24) is 4.90 Å². The molecular formula is C28H26F3N3O5S. The number of sulfonamides is 1. The Balaban J connectivity index is 1.23. The number of hydrogen-bond donors (Lipinski definition) is 2. The molecule has 1 amide bonds. The van der Waals surface area contributed by atoms with Crippen LogP contribution < -0.4 is 9.46 Å². The zero-order chi connectivity index (χ0) is 28.5. The third-order valence-corrected chi connectivity index (χ3v) is 8.41. The standard InChI is InChI=1S/C28H26F3N3O5S/c29-28(30,31)39-23-7-2-6-21(18-23)27(36)13-16-34(17-14-27)26(35)20-9-11-22(12-10-20)33-40(37,38)24-8-1-4-19-5-3-15-32-25(19)24/h1-2,4,6-12,15,18,33,36H,3,5,13-14,16-17H2. The molecule has 0 unspecified atom stereocenters. The van der Waals surface area contributed by atoms with Gasteiger partial charge in [0.2, 0.25) is 0 Å². The molecule has 210 valence electrons. The minimum absolute atomic E-state index is 0.0809. The molecular weight excluding hydrogens is 547 g/mol. The first-order valence-electron chi connectivity index (χ1n) is 12.6. The fraction of sp³-hybridized carbons (Fsp3) is 0.286. The number of anilines is 1. The van der Waals surface area contributed by atoms with Crippen LogP contribution in [0.2, 0.25) is 0 Å². The number of rotatable bonds is 6. The molecule has 2 N–H and O–H groups in total. The van der Waals surface area contributed by atoms with Crippen molar-refractivity contribution in [3.8, 4) is 5.75 Å². The van der Waals surface area contributed by atoms with Crippen LogP contribution in [0, 0.1) is 0 Å². The third-order valence-electron chi connectivity index (χ3n) is 7.00. The summed E-state index contributed by atoms with van der Waals surface area (Å²) in [5.74, 6) is -0.732. The van der Waals surface area contributed by atoms with E-state index in [-0.39, 0.29) is 48.0 Å². The Morgan fingerprint density at radius 3 is 2.42 bits per heavy atom. The van der Waals surface area contributed by atoms with Crippen LogP contribution in [-0.4, -0.2) is 50.0 Å². The lowest BCUT2D eigenvalue weighted by molar-refractivity contribution is -0.274. The number of aliphatic imine (C=N–C) groups is 1. The monoisotopic (exact) mass is 573 g/mol. The SMILES string of the molecule is O=C(c1ccc(NS(=O)(=O)c2cccc3c2N=CCC3)cc1)N1CCC(O)(c2cccc(OC(F)(F)F)c2)CC1. The van der Waals surface area contributed by atoms with Gasteiger partial charge in [-0.3, -0.25) is 14.5 Å². The normalized spacial score (nSPS) is 16.8. The second-order valence-corrected chi connectivity index (χ2v) is 11.3. The highest BCUT2D eigenvalue weighted by Crippen LogP contribution is 2.36. The van der Waals surface area contributed by atoms with Gasteiger partial charge in [-0.1, -0.05) is 24.3 Å². The molecule has 0 atom stereocenters. The van der Waals surface area contributed by atoms with Crippen LogP contribution in [0.4, 0.5) is 24.5 Å². The minimum atomic E-state index is -4.85. The molecule has 2 aliphatic heterocycles. The Kier molecular flexibility index (Phi) is 7.32. The number of carbonyl (C=O) groups excluding carboxylic acids is 1. The molecule has 1 fully saturated rings. The van der Waals surface area contributed by atoms with E-state index in [1.807, 2.05) is 6.07 Å². The molecule has 3 aromatic rings. The maximum absolute atomic E-state index is 13.1. The fourth-order valence-electron chi connectivity index (χ4n) is 4.93. The lowest BCUT2D eigenvalue weighted by Gasteiger charge is -2.38. The molecule has 3 aromatic carbocycles. The second kappa shape index (κ2) is 10.6. The molecule has 12 heteroatoms. The van der Waals surface area contributed by atoms with Gasteiger partial charge in [0.15, 0.2) is 0 Å². The van der Waals surface area contributed by atoms with Crippen LogP contribution in [-0.2, 0) is 22.0 Å².